The second-order valence-electron chi connectivity index (χ2n) is 5.09. The quantitative estimate of drug-likeness (QED) is 0.848. The molecular weight excluding hydrogens is 272 g/mol. The lowest BCUT2D eigenvalue weighted by molar-refractivity contribution is -0.136. The second-order valence-corrected chi connectivity index (χ2v) is 5.09. The number of rotatable bonds is 5. The van der Waals surface area contributed by atoms with Crippen LogP contribution < -0.4 is 10.5 Å². The highest BCUT2D eigenvalue weighted by Gasteiger charge is 2.38. The van der Waals surface area contributed by atoms with Crippen LogP contribution in [0.25, 0.3) is 0 Å². The average molecular weight is 292 g/mol. The van der Waals surface area contributed by atoms with Crippen molar-refractivity contribution in [1.29, 1.82) is 0 Å². The number of hydrogen-bond acceptors (Lipinski definition) is 4. The molecule has 6 heteroatoms. The lowest BCUT2D eigenvalue weighted by Crippen LogP contribution is -2.44. The first kappa shape index (κ1) is 15.3. The summed E-state index contributed by atoms with van der Waals surface area (Å²) in [7, 11) is 3.15. The Kier molecular flexibility index (Phi) is 4.80. The van der Waals surface area contributed by atoms with Crippen molar-refractivity contribution >= 4 is 11.8 Å². The van der Waals surface area contributed by atoms with E-state index in [0.29, 0.717) is 18.7 Å². The van der Waals surface area contributed by atoms with E-state index in [0.717, 1.165) is 5.56 Å². The molecular formula is C15H20N2O4. The Bertz CT molecular complexity index is 532. The molecule has 0 radical (unpaired) electrons. The number of likely N-dealkylation sites (tertiary alicyclic amines) is 1. The molecule has 1 aliphatic heterocycles. The molecule has 1 saturated heterocycles. The smallest absolute Gasteiger partial charge is 0.240 e. The SMILES string of the molecule is COc1cccc(CC(=O)N2C[C@@H](OC)C[C@H]2C(N)=O)c1. The van der Waals surface area contributed by atoms with Crippen molar-refractivity contribution < 1.29 is 19.1 Å². The number of carbonyl (C=O) groups is 2. The van der Waals surface area contributed by atoms with Gasteiger partial charge >= 0.3 is 0 Å². The lowest BCUT2D eigenvalue weighted by Gasteiger charge is -2.22. The third-order valence-electron chi connectivity index (χ3n) is 3.73. The van der Waals surface area contributed by atoms with Crippen LogP contribution in [0.4, 0.5) is 0 Å². The maximum absolute atomic E-state index is 12.4. The number of ether oxygens (including phenoxy) is 2. The van der Waals surface area contributed by atoms with E-state index < -0.39 is 11.9 Å². The van der Waals surface area contributed by atoms with Gasteiger partial charge in [0.1, 0.15) is 11.8 Å². The van der Waals surface area contributed by atoms with Crippen molar-refractivity contribution in [3.05, 3.63) is 29.8 Å². The van der Waals surface area contributed by atoms with Crippen LogP contribution in [0.3, 0.4) is 0 Å². The van der Waals surface area contributed by atoms with Gasteiger partial charge in [-0.1, -0.05) is 12.1 Å². The van der Waals surface area contributed by atoms with Crippen LogP contribution in [0.2, 0.25) is 0 Å². The molecule has 0 bridgehead atoms. The van der Waals surface area contributed by atoms with Crippen molar-refractivity contribution in [2.45, 2.75) is 25.0 Å². The highest BCUT2D eigenvalue weighted by Crippen LogP contribution is 2.22. The molecule has 0 aliphatic carbocycles. The Morgan fingerprint density at radius 3 is 2.76 bits per heavy atom. The standard InChI is InChI=1S/C15H20N2O4/c1-20-11-5-3-4-10(6-11)7-14(18)17-9-12(21-2)8-13(17)15(16)19/h3-6,12-13H,7-9H2,1-2H3,(H2,16,19)/t12-,13-/m0/s1. The fourth-order valence-corrected chi connectivity index (χ4v) is 2.57. The summed E-state index contributed by atoms with van der Waals surface area (Å²) in [6.07, 6.45) is 0.518. The minimum absolute atomic E-state index is 0.133. The van der Waals surface area contributed by atoms with Crippen molar-refractivity contribution in [3.63, 3.8) is 0 Å². The van der Waals surface area contributed by atoms with Crippen LogP contribution in [-0.4, -0.2) is 49.6 Å². The van der Waals surface area contributed by atoms with Gasteiger partial charge in [0.15, 0.2) is 0 Å². The van der Waals surface area contributed by atoms with E-state index >= 15 is 0 Å². The number of carbonyl (C=O) groups excluding carboxylic acids is 2. The molecule has 6 nitrogen and oxygen atoms in total. The van der Waals surface area contributed by atoms with Gasteiger partial charge in [0, 0.05) is 20.1 Å². The second kappa shape index (κ2) is 6.58. The van der Waals surface area contributed by atoms with Gasteiger partial charge in [-0.25, -0.2) is 0 Å². The van der Waals surface area contributed by atoms with Gasteiger partial charge in [-0.05, 0) is 17.7 Å². The molecule has 2 N–H and O–H groups in total. The van der Waals surface area contributed by atoms with E-state index in [2.05, 4.69) is 0 Å². The summed E-state index contributed by atoms with van der Waals surface area (Å²) in [5, 5.41) is 0. The monoisotopic (exact) mass is 292 g/mol. The average Bonchev–Trinajstić information content (AvgIpc) is 2.92. The fourth-order valence-electron chi connectivity index (χ4n) is 2.57. The number of methoxy groups -OCH3 is 2. The molecule has 114 valence electrons. The minimum atomic E-state index is -0.590. The first-order valence-corrected chi connectivity index (χ1v) is 6.79. The van der Waals surface area contributed by atoms with Crippen LogP contribution in [0.15, 0.2) is 24.3 Å². The van der Waals surface area contributed by atoms with Gasteiger partial charge in [0.25, 0.3) is 0 Å². The molecule has 1 aliphatic rings. The summed E-state index contributed by atoms with van der Waals surface area (Å²) in [6, 6.07) is 6.71. The van der Waals surface area contributed by atoms with Crippen molar-refractivity contribution in [2.24, 2.45) is 5.73 Å². The summed E-state index contributed by atoms with van der Waals surface area (Å²) in [5.41, 5.74) is 6.21. The molecule has 21 heavy (non-hydrogen) atoms. The summed E-state index contributed by atoms with van der Waals surface area (Å²) < 4.78 is 10.4. The largest absolute Gasteiger partial charge is 0.497 e. The number of nitrogens with two attached hydrogens (primary N) is 1. The Hall–Kier alpha value is -2.08. The normalized spacial score (nSPS) is 21.3. The van der Waals surface area contributed by atoms with E-state index in [1.807, 2.05) is 18.2 Å². The van der Waals surface area contributed by atoms with E-state index in [9.17, 15) is 9.59 Å². The molecule has 2 atom stereocenters. The van der Waals surface area contributed by atoms with Gasteiger partial charge in [0.05, 0.1) is 19.6 Å². The third-order valence-corrected chi connectivity index (χ3v) is 3.73. The Morgan fingerprint density at radius 1 is 1.38 bits per heavy atom. The first-order chi connectivity index (χ1) is 10.0. The van der Waals surface area contributed by atoms with Crippen LogP contribution in [0, 0.1) is 0 Å². The van der Waals surface area contributed by atoms with Crippen LogP contribution in [0.1, 0.15) is 12.0 Å². The third kappa shape index (κ3) is 3.52. The molecule has 1 aromatic carbocycles. The molecule has 1 aromatic rings. The van der Waals surface area contributed by atoms with E-state index in [1.54, 1.807) is 20.3 Å². The molecule has 1 heterocycles. The van der Waals surface area contributed by atoms with Crippen molar-refractivity contribution in [3.8, 4) is 5.75 Å². The zero-order chi connectivity index (χ0) is 15.4. The van der Waals surface area contributed by atoms with Crippen molar-refractivity contribution in [1.82, 2.24) is 4.90 Å². The Labute approximate surface area is 123 Å². The van der Waals surface area contributed by atoms with E-state index in [4.69, 9.17) is 15.2 Å². The Balaban J connectivity index is 2.09. The van der Waals surface area contributed by atoms with Crippen LogP contribution in [0.5, 0.6) is 5.75 Å². The van der Waals surface area contributed by atoms with Crippen LogP contribution in [-0.2, 0) is 20.7 Å². The number of amides is 2. The van der Waals surface area contributed by atoms with Gasteiger partial charge in [0.2, 0.25) is 11.8 Å². The summed E-state index contributed by atoms with van der Waals surface area (Å²) in [5.74, 6) is 0.0723. The van der Waals surface area contributed by atoms with Gasteiger partial charge in [-0.15, -0.1) is 0 Å². The number of benzene rings is 1. The number of primary amides is 1. The molecule has 0 saturated carbocycles. The minimum Gasteiger partial charge on any atom is -0.497 e. The Morgan fingerprint density at radius 2 is 2.14 bits per heavy atom. The van der Waals surface area contributed by atoms with E-state index in [1.165, 1.54) is 4.90 Å². The van der Waals surface area contributed by atoms with Gasteiger partial charge in [-0.2, -0.15) is 0 Å². The maximum atomic E-state index is 12.4. The number of hydrogen-bond donors (Lipinski definition) is 1. The van der Waals surface area contributed by atoms with E-state index in [-0.39, 0.29) is 18.4 Å². The number of nitrogens with zero attached hydrogens (tertiary/aromatic N) is 1. The summed E-state index contributed by atoms with van der Waals surface area (Å²) in [6.45, 7) is 0.396. The predicted octanol–water partition coefficient (Wildman–Crippen LogP) is 0.339. The zero-order valence-electron chi connectivity index (χ0n) is 12.2. The fraction of sp³-hybridized carbons (Fsp3) is 0.467. The molecule has 0 unspecified atom stereocenters. The zero-order valence-corrected chi connectivity index (χ0v) is 12.2. The molecule has 2 amide bonds. The molecule has 0 spiro atoms. The summed E-state index contributed by atoms with van der Waals surface area (Å²) >= 11 is 0. The highest BCUT2D eigenvalue weighted by atomic mass is 16.5. The molecule has 0 aromatic heterocycles. The molecule has 1 fully saturated rings. The highest BCUT2D eigenvalue weighted by molar-refractivity contribution is 5.88. The summed E-state index contributed by atoms with van der Waals surface area (Å²) in [4.78, 5) is 25.4. The van der Waals surface area contributed by atoms with Crippen molar-refractivity contribution in [2.75, 3.05) is 20.8 Å². The maximum Gasteiger partial charge on any atom is 0.240 e. The lowest BCUT2D eigenvalue weighted by atomic mass is 10.1. The predicted molar refractivity (Wildman–Crippen MR) is 76.8 cm³/mol. The van der Waals surface area contributed by atoms with Gasteiger partial charge in [-0.3, -0.25) is 9.59 Å². The van der Waals surface area contributed by atoms with Gasteiger partial charge < -0.3 is 20.1 Å². The topological polar surface area (TPSA) is 81.9 Å². The van der Waals surface area contributed by atoms with Crippen LogP contribution >= 0.6 is 0 Å². The first-order valence-electron chi connectivity index (χ1n) is 6.79. The molecule has 2 rings (SSSR count).